The highest BCUT2D eigenvalue weighted by molar-refractivity contribution is 5.97. The average molecular weight is 380 g/mol. The van der Waals surface area contributed by atoms with E-state index in [1.165, 1.54) is 0 Å². The molecule has 148 valence electrons. The standard InChI is InChI=1S/C23H28N2O3/c1-16(2)21(25-22(26)17-8-6-7-9-17)23(27)24-18-12-14-20(15-13-18)28-19-10-4-3-5-11-19/h3-5,10-17,21H,6-9H2,1-2H3,(H,24,27)(H,25,26). The monoisotopic (exact) mass is 380 g/mol. The van der Waals surface area contributed by atoms with Crippen LogP contribution in [0.25, 0.3) is 0 Å². The van der Waals surface area contributed by atoms with E-state index in [0.717, 1.165) is 31.4 Å². The van der Waals surface area contributed by atoms with Crippen LogP contribution in [0.4, 0.5) is 5.69 Å². The van der Waals surface area contributed by atoms with E-state index >= 15 is 0 Å². The fourth-order valence-electron chi connectivity index (χ4n) is 3.45. The SMILES string of the molecule is CC(C)C(NC(=O)C1CCCC1)C(=O)Nc1ccc(Oc2ccccc2)cc1. The molecule has 0 saturated heterocycles. The quantitative estimate of drug-likeness (QED) is 0.728. The molecule has 3 rings (SSSR count). The molecule has 5 nitrogen and oxygen atoms in total. The van der Waals surface area contributed by atoms with Crippen LogP contribution in [-0.4, -0.2) is 17.9 Å². The predicted octanol–water partition coefficient (Wildman–Crippen LogP) is 4.75. The molecule has 1 saturated carbocycles. The van der Waals surface area contributed by atoms with Gasteiger partial charge in [0.25, 0.3) is 0 Å². The molecule has 1 unspecified atom stereocenters. The number of benzene rings is 2. The summed E-state index contributed by atoms with van der Waals surface area (Å²) in [5, 5.41) is 5.85. The number of hydrogen-bond donors (Lipinski definition) is 2. The van der Waals surface area contributed by atoms with Gasteiger partial charge in [-0.3, -0.25) is 9.59 Å². The van der Waals surface area contributed by atoms with Gasteiger partial charge in [0, 0.05) is 11.6 Å². The lowest BCUT2D eigenvalue weighted by atomic mass is 10.0. The summed E-state index contributed by atoms with van der Waals surface area (Å²) in [6.07, 6.45) is 4.02. The maximum atomic E-state index is 12.7. The minimum Gasteiger partial charge on any atom is -0.457 e. The van der Waals surface area contributed by atoms with Crippen LogP contribution in [-0.2, 0) is 9.59 Å². The van der Waals surface area contributed by atoms with E-state index in [-0.39, 0.29) is 23.7 Å². The number of para-hydroxylation sites is 1. The lowest BCUT2D eigenvalue weighted by Crippen LogP contribution is -2.48. The number of amides is 2. The zero-order chi connectivity index (χ0) is 19.9. The lowest BCUT2D eigenvalue weighted by Gasteiger charge is -2.23. The number of hydrogen-bond acceptors (Lipinski definition) is 3. The Morgan fingerprint density at radius 3 is 2.14 bits per heavy atom. The lowest BCUT2D eigenvalue weighted by molar-refractivity contribution is -0.130. The second kappa shape index (κ2) is 9.40. The molecule has 28 heavy (non-hydrogen) atoms. The van der Waals surface area contributed by atoms with Gasteiger partial charge in [0.15, 0.2) is 0 Å². The average Bonchev–Trinajstić information content (AvgIpc) is 3.23. The zero-order valence-corrected chi connectivity index (χ0v) is 16.5. The third kappa shape index (κ3) is 5.35. The van der Waals surface area contributed by atoms with Crippen molar-refractivity contribution < 1.29 is 14.3 Å². The van der Waals surface area contributed by atoms with Crippen molar-refractivity contribution in [2.75, 3.05) is 5.32 Å². The van der Waals surface area contributed by atoms with Crippen LogP contribution in [0.1, 0.15) is 39.5 Å². The summed E-state index contributed by atoms with van der Waals surface area (Å²) >= 11 is 0. The van der Waals surface area contributed by atoms with Crippen molar-refractivity contribution in [3.05, 3.63) is 54.6 Å². The zero-order valence-electron chi connectivity index (χ0n) is 16.5. The first-order valence-electron chi connectivity index (χ1n) is 9.97. The third-order valence-corrected chi connectivity index (χ3v) is 5.07. The molecule has 0 spiro atoms. The van der Waals surface area contributed by atoms with Crippen molar-refractivity contribution in [2.45, 2.75) is 45.6 Å². The second-order valence-electron chi connectivity index (χ2n) is 7.64. The largest absolute Gasteiger partial charge is 0.457 e. The van der Waals surface area contributed by atoms with E-state index in [1.807, 2.05) is 56.3 Å². The molecule has 0 aliphatic heterocycles. The molecule has 1 fully saturated rings. The van der Waals surface area contributed by atoms with Crippen LogP contribution in [0.5, 0.6) is 11.5 Å². The third-order valence-electron chi connectivity index (χ3n) is 5.07. The van der Waals surface area contributed by atoms with Crippen LogP contribution in [0, 0.1) is 11.8 Å². The van der Waals surface area contributed by atoms with Crippen molar-refractivity contribution >= 4 is 17.5 Å². The number of ether oxygens (including phenoxy) is 1. The van der Waals surface area contributed by atoms with Crippen LogP contribution >= 0.6 is 0 Å². The number of anilines is 1. The van der Waals surface area contributed by atoms with E-state index in [1.54, 1.807) is 12.1 Å². The van der Waals surface area contributed by atoms with Crippen molar-refractivity contribution in [2.24, 2.45) is 11.8 Å². The minimum absolute atomic E-state index is 0.00189. The Bertz CT molecular complexity index is 781. The maximum Gasteiger partial charge on any atom is 0.247 e. The minimum atomic E-state index is -0.548. The van der Waals surface area contributed by atoms with Gasteiger partial charge in [-0.1, -0.05) is 44.9 Å². The molecule has 2 amide bonds. The molecule has 1 aliphatic carbocycles. The highest BCUT2D eigenvalue weighted by Crippen LogP contribution is 2.25. The summed E-state index contributed by atoms with van der Waals surface area (Å²) in [6, 6.07) is 16.2. The Labute approximate surface area is 166 Å². The summed E-state index contributed by atoms with van der Waals surface area (Å²) < 4.78 is 5.76. The Balaban J connectivity index is 1.59. The van der Waals surface area contributed by atoms with E-state index in [9.17, 15) is 9.59 Å². The first-order valence-corrected chi connectivity index (χ1v) is 9.97. The van der Waals surface area contributed by atoms with Gasteiger partial charge in [-0.2, -0.15) is 0 Å². The van der Waals surface area contributed by atoms with Gasteiger partial charge >= 0.3 is 0 Å². The van der Waals surface area contributed by atoms with Crippen molar-refractivity contribution in [1.82, 2.24) is 5.32 Å². The van der Waals surface area contributed by atoms with Crippen LogP contribution in [0.2, 0.25) is 0 Å². The summed E-state index contributed by atoms with van der Waals surface area (Å²) in [5.74, 6) is 1.30. The van der Waals surface area contributed by atoms with Gasteiger partial charge in [-0.15, -0.1) is 0 Å². The highest BCUT2D eigenvalue weighted by Gasteiger charge is 2.29. The van der Waals surface area contributed by atoms with Crippen molar-refractivity contribution in [1.29, 1.82) is 0 Å². The molecule has 1 aliphatic rings. The van der Waals surface area contributed by atoms with Crippen molar-refractivity contribution in [3.8, 4) is 11.5 Å². The predicted molar refractivity (Wildman–Crippen MR) is 110 cm³/mol. The van der Waals surface area contributed by atoms with Gasteiger partial charge in [0.05, 0.1) is 0 Å². The molecular weight excluding hydrogens is 352 g/mol. The van der Waals surface area contributed by atoms with Crippen LogP contribution < -0.4 is 15.4 Å². The Kier molecular flexibility index (Phi) is 6.69. The highest BCUT2D eigenvalue weighted by atomic mass is 16.5. The molecule has 0 heterocycles. The normalized spacial score (nSPS) is 15.2. The number of nitrogens with one attached hydrogen (secondary N) is 2. The van der Waals surface area contributed by atoms with Gasteiger partial charge in [0.2, 0.25) is 11.8 Å². The topological polar surface area (TPSA) is 67.4 Å². The van der Waals surface area contributed by atoms with Gasteiger partial charge < -0.3 is 15.4 Å². The molecule has 0 aromatic heterocycles. The second-order valence-corrected chi connectivity index (χ2v) is 7.64. The smallest absolute Gasteiger partial charge is 0.247 e. The molecular formula is C23H28N2O3. The Morgan fingerprint density at radius 1 is 0.929 bits per heavy atom. The molecule has 0 radical (unpaired) electrons. The summed E-state index contributed by atoms with van der Waals surface area (Å²) in [5.41, 5.74) is 0.672. The van der Waals surface area contributed by atoms with Gasteiger partial charge in [-0.25, -0.2) is 0 Å². The Morgan fingerprint density at radius 2 is 1.54 bits per heavy atom. The Hall–Kier alpha value is -2.82. The summed E-state index contributed by atoms with van der Waals surface area (Å²) in [4.78, 5) is 25.2. The molecule has 5 heteroatoms. The van der Waals surface area contributed by atoms with E-state index in [2.05, 4.69) is 10.6 Å². The molecule has 2 aromatic carbocycles. The number of carbonyl (C=O) groups excluding carboxylic acids is 2. The van der Waals surface area contributed by atoms with Crippen LogP contribution in [0.15, 0.2) is 54.6 Å². The van der Waals surface area contributed by atoms with Crippen LogP contribution in [0.3, 0.4) is 0 Å². The summed E-state index contributed by atoms with van der Waals surface area (Å²) in [7, 11) is 0. The fourth-order valence-corrected chi connectivity index (χ4v) is 3.45. The molecule has 2 N–H and O–H groups in total. The molecule has 1 atom stereocenters. The first-order chi connectivity index (χ1) is 13.5. The van der Waals surface area contributed by atoms with E-state index in [4.69, 9.17) is 4.74 Å². The number of rotatable bonds is 7. The van der Waals surface area contributed by atoms with Gasteiger partial charge in [0.1, 0.15) is 17.5 Å². The van der Waals surface area contributed by atoms with Gasteiger partial charge in [-0.05, 0) is 55.2 Å². The number of carbonyl (C=O) groups is 2. The molecule has 2 aromatic rings. The first kappa shape index (κ1) is 19.9. The fraction of sp³-hybridized carbons (Fsp3) is 0.391. The maximum absolute atomic E-state index is 12.7. The van der Waals surface area contributed by atoms with E-state index < -0.39 is 6.04 Å². The van der Waals surface area contributed by atoms with Crippen molar-refractivity contribution in [3.63, 3.8) is 0 Å². The molecule has 0 bridgehead atoms. The van der Waals surface area contributed by atoms with E-state index in [0.29, 0.717) is 11.4 Å². The summed E-state index contributed by atoms with van der Waals surface area (Å²) in [6.45, 7) is 3.88.